The first-order valence-corrected chi connectivity index (χ1v) is 8.95. The van der Waals surface area contributed by atoms with Crippen molar-refractivity contribution in [2.24, 2.45) is 0 Å². The van der Waals surface area contributed by atoms with Gasteiger partial charge in [0, 0.05) is 37.5 Å². The van der Waals surface area contributed by atoms with Crippen molar-refractivity contribution in [1.82, 2.24) is 5.32 Å². The van der Waals surface area contributed by atoms with Gasteiger partial charge in [-0.15, -0.1) is 0 Å². The van der Waals surface area contributed by atoms with Crippen molar-refractivity contribution in [2.75, 3.05) is 39.3 Å². The second kappa shape index (κ2) is 8.13. The molecule has 26 heavy (non-hydrogen) atoms. The minimum Gasteiger partial charge on any atom is -0.497 e. The van der Waals surface area contributed by atoms with Crippen molar-refractivity contribution in [3.8, 4) is 11.5 Å². The van der Waals surface area contributed by atoms with Crippen molar-refractivity contribution in [1.29, 1.82) is 0 Å². The summed E-state index contributed by atoms with van der Waals surface area (Å²) < 4.78 is 10.4. The van der Waals surface area contributed by atoms with E-state index in [4.69, 9.17) is 9.47 Å². The molecule has 1 amide bonds. The molecule has 1 N–H and O–H groups in total. The lowest BCUT2D eigenvalue weighted by molar-refractivity contribution is 0.0953. The lowest BCUT2D eigenvalue weighted by Gasteiger charge is -2.27. The van der Waals surface area contributed by atoms with Crippen LogP contribution in [0.3, 0.4) is 0 Å². The van der Waals surface area contributed by atoms with Crippen LogP contribution in [0.5, 0.6) is 11.5 Å². The third kappa shape index (κ3) is 4.10. The Hall–Kier alpha value is -2.69. The van der Waals surface area contributed by atoms with Gasteiger partial charge in [0.2, 0.25) is 0 Å². The van der Waals surface area contributed by atoms with Gasteiger partial charge >= 0.3 is 0 Å². The van der Waals surface area contributed by atoms with Crippen LogP contribution < -0.4 is 19.7 Å². The molecule has 0 atom stereocenters. The minimum atomic E-state index is -0.125. The number of rotatable bonds is 6. The van der Waals surface area contributed by atoms with Gasteiger partial charge in [0.1, 0.15) is 11.5 Å². The molecule has 0 aromatic heterocycles. The fourth-order valence-corrected chi connectivity index (χ4v) is 3.36. The zero-order chi connectivity index (χ0) is 18.5. The lowest BCUT2D eigenvalue weighted by Crippen LogP contribution is -2.26. The number of amides is 1. The molecule has 1 aliphatic heterocycles. The number of carbonyl (C=O) groups excluding carboxylic acids is 1. The Labute approximate surface area is 154 Å². The highest BCUT2D eigenvalue weighted by atomic mass is 16.5. The molecule has 0 bridgehead atoms. The van der Waals surface area contributed by atoms with Crippen LogP contribution >= 0.6 is 0 Å². The van der Waals surface area contributed by atoms with Gasteiger partial charge in [0.05, 0.1) is 14.2 Å². The molecule has 2 aromatic rings. The minimum absolute atomic E-state index is 0.125. The van der Waals surface area contributed by atoms with Gasteiger partial charge in [-0.2, -0.15) is 0 Å². The maximum atomic E-state index is 12.4. The molecule has 0 saturated heterocycles. The molecule has 1 heterocycles. The molecule has 3 rings (SSSR count). The highest BCUT2D eigenvalue weighted by molar-refractivity contribution is 5.95. The van der Waals surface area contributed by atoms with Crippen molar-refractivity contribution in [2.45, 2.75) is 19.3 Å². The molecular formula is C21H26N2O3. The Balaban J connectivity index is 1.60. The van der Waals surface area contributed by atoms with Crippen LogP contribution in [0.25, 0.3) is 0 Å². The molecule has 5 nitrogen and oxygen atoms in total. The average Bonchev–Trinajstić information content (AvgIpc) is 2.67. The number of benzene rings is 2. The number of nitrogens with zero attached hydrogens (tertiary/aromatic N) is 1. The number of fused-ring (bicyclic) bond motifs is 1. The van der Waals surface area contributed by atoms with Gasteiger partial charge < -0.3 is 19.7 Å². The van der Waals surface area contributed by atoms with Gasteiger partial charge in [-0.3, -0.25) is 4.79 Å². The number of nitrogens with one attached hydrogen (secondary N) is 1. The van der Waals surface area contributed by atoms with Crippen LogP contribution in [0.2, 0.25) is 0 Å². The van der Waals surface area contributed by atoms with Gasteiger partial charge in [-0.25, -0.2) is 0 Å². The zero-order valence-corrected chi connectivity index (χ0v) is 15.7. The molecule has 2 aromatic carbocycles. The van der Waals surface area contributed by atoms with E-state index in [0.717, 1.165) is 19.4 Å². The average molecular weight is 354 g/mol. The molecule has 0 saturated carbocycles. The molecule has 1 aliphatic rings. The van der Waals surface area contributed by atoms with E-state index >= 15 is 0 Å². The number of ether oxygens (including phenoxy) is 2. The summed E-state index contributed by atoms with van der Waals surface area (Å²) in [5, 5.41) is 2.98. The highest BCUT2D eigenvalue weighted by Crippen LogP contribution is 2.27. The summed E-state index contributed by atoms with van der Waals surface area (Å²) in [5.74, 6) is 1.08. The van der Waals surface area contributed by atoms with Crippen molar-refractivity contribution in [3.05, 3.63) is 53.1 Å². The van der Waals surface area contributed by atoms with E-state index in [9.17, 15) is 4.79 Å². The normalized spacial score (nSPS) is 13.1. The predicted molar refractivity (Wildman–Crippen MR) is 104 cm³/mol. The fourth-order valence-electron chi connectivity index (χ4n) is 3.36. The number of carbonyl (C=O) groups is 1. The van der Waals surface area contributed by atoms with E-state index in [-0.39, 0.29) is 5.91 Å². The topological polar surface area (TPSA) is 50.8 Å². The quantitative estimate of drug-likeness (QED) is 0.866. The number of methoxy groups -OCH3 is 2. The third-order valence-electron chi connectivity index (χ3n) is 4.81. The van der Waals surface area contributed by atoms with Crippen LogP contribution in [-0.2, 0) is 12.8 Å². The van der Waals surface area contributed by atoms with Crippen molar-refractivity contribution >= 4 is 11.6 Å². The summed E-state index contributed by atoms with van der Waals surface area (Å²) in [6.07, 6.45) is 3.13. The molecular weight excluding hydrogens is 328 g/mol. The Morgan fingerprint density at radius 2 is 1.85 bits per heavy atom. The number of hydrogen-bond donors (Lipinski definition) is 1. The second-order valence-electron chi connectivity index (χ2n) is 6.60. The number of anilines is 1. The summed E-state index contributed by atoms with van der Waals surface area (Å²) in [5.41, 5.74) is 4.52. The fraction of sp³-hybridized carbons (Fsp3) is 0.381. The summed E-state index contributed by atoms with van der Waals surface area (Å²) in [4.78, 5) is 14.7. The van der Waals surface area contributed by atoms with E-state index in [1.165, 1.54) is 23.2 Å². The molecule has 0 fully saturated rings. The van der Waals surface area contributed by atoms with E-state index in [0.29, 0.717) is 23.6 Å². The van der Waals surface area contributed by atoms with Crippen LogP contribution in [0.15, 0.2) is 36.4 Å². The molecule has 0 spiro atoms. The third-order valence-corrected chi connectivity index (χ3v) is 4.81. The van der Waals surface area contributed by atoms with Crippen LogP contribution in [0.1, 0.15) is 27.9 Å². The monoisotopic (exact) mass is 354 g/mol. The maximum absolute atomic E-state index is 12.4. The Bertz CT molecular complexity index is 767. The van der Waals surface area contributed by atoms with E-state index in [1.807, 2.05) is 0 Å². The van der Waals surface area contributed by atoms with Crippen LogP contribution in [-0.4, -0.2) is 40.3 Å². The maximum Gasteiger partial charge on any atom is 0.251 e. The smallest absolute Gasteiger partial charge is 0.251 e. The van der Waals surface area contributed by atoms with Crippen LogP contribution in [0.4, 0.5) is 5.69 Å². The van der Waals surface area contributed by atoms with E-state index < -0.39 is 0 Å². The standard InChI is InChI=1S/C21H26N2O3/c1-23-10-4-5-16-11-15(6-7-20(16)23)8-9-22-21(24)17-12-18(25-2)14-19(13-17)26-3/h6-7,11-14H,4-5,8-10H2,1-3H3,(H,22,24). The van der Waals surface area contributed by atoms with Gasteiger partial charge in [-0.1, -0.05) is 12.1 Å². The van der Waals surface area contributed by atoms with E-state index in [1.54, 1.807) is 32.4 Å². The number of aryl methyl sites for hydroxylation is 1. The predicted octanol–water partition coefficient (Wildman–Crippen LogP) is 3.06. The SMILES string of the molecule is COc1cc(OC)cc(C(=O)NCCc2ccc3c(c2)CCCN3C)c1. The summed E-state index contributed by atoms with van der Waals surface area (Å²) in [6.45, 7) is 1.71. The first-order valence-electron chi connectivity index (χ1n) is 8.95. The Kier molecular flexibility index (Phi) is 5.66. The van der Waals surface area contributed by atoms with Crippen molar-refractivity contribution in [3.63, 3.8) is 0 Å². The largest absolute Gasteiger partial charge is 0.497 e. The summed E-state index contributed by atoms with van der Waals surface area (Å²) >= 11 is 0. The number of hydrogen-bond acceptors (Lipinski definition) is 4. The van der Waals surface area contributed by atoms with Gasteiger partial charge in [0.15, 0.2) is 0 Å². The van der Waals surface area contributed by atoms with E-state index in [2.05, 4.69) is 35.5 Å². The second-order valence-corrected chi connectivity index (χ2v) is 6.60. The summed E-state index contributed by atoms with van der Waals surface area (Å²) in [6, 6.07) is 11.8. The van der Waals surface area contributed by atoms with Gasteiger partial charge in [-0.05, 0) is 48.6 Å². The Morgan fingerprint density at radius 1 is 1.12 bits per heavy atom. The molecule has 0 unspecified atom stereocenters. The lowest BCUT2D eigenvalue weighted by atomic mass is 9.98. The molecule has 138 valence electrons. The first kappa shape index (κ1) is 18.1. The summed E-state index contributed by atoms with van der Waals surface area (Å²) in [7, 11) is 5.29. The molecule has 0 radical (unpaired) electrons. The first-order chi connectivity index (χ1) is 12.6. The van der Waals surface area contributed by atoms with Crippen LogP contribution in [0, 0.1) is 0 Å². The van der Waals surface area contributed by atoms with Gasteiger partial charge in [0.25, 0.3) is 5.91 Å². The zero-order valence-electron chi connectivity index (χ0n) is 15.7. The highest BCUT2D eigenvalue weighted by Gasteiger charge is 2.14. The Morgan fingerprint density at radius 3 is 2.54 bits per heavy atom. The van der Waals surface area contributed by atoms with Crippen molar-refractivity contribution < 1.29 is 14.3 Å². The molecule has 5 heteroatoms. The molecule has 0 aliphatic carbocycles.